The summed E-state index contributed by atoms with van der Waals surface area (Å²) in [4.78, 5) is 26.9. The molecule has 30 heavy (non-hydrogen) atoms. The van der Waals surface area contributed by atoms with Crippen molar-refractivity contribution in [3.05, 3.63) is 46.4 Å². The van der Waals surface area contributed by atoms with E-state index in [2.05, 4.69) is 10.7 Å². The highest BCUT2D eigenvalue weighted by molar-refractivity contribution is 6.30. The Hall–Kier alpha value is -2.16. The molecule has 1 aliphatic rings. The first kappa shape index (κ1) is 24.1. The normalized spacial score (nSPS) is 14.4. The van der Waals surface area contributed by atoms with Crippen LogP contribution in [0.5, 0.6) is 0 Å². The molecule has 1 aromatic rings. The molecule has 7 nitrogen and oxygen atoms in total. The predicted octanol–water partition coefficient (Wildman–Crippen LogP) is 2.20. The van der Waals surface area contributed by atoms with Gasteiger partial charge >= 0.3 is 0 Å². The Balaban J connectivity index is 2.00. The van der Waals surface area contributed by atoms with Gasteiger partial charge in [0.2, 0.25) is 11.8 Å². The SMILES string of the molecule is C/C=C(/N(CC(=O)N(CC(=O)NCc1cccc(Cl)c1F)C1CC1)NC)C(C)(C)O. The van der Waals surface area contributed by atoms with Gasteiger partial charge in [0.1, 0.15) is 12.4 Å². The van der Waals surface area contributed by atoms with E-state index < -0.39 is 11.4 Å². The minimum Gasteiger partial charge on any atom is -0.384 e. The van der Waals surface area contributed by atoms with Gasteiger partial charge in [0, 0.05) is 25.2 Å². The van der Waals surface area contributed by atoms with Crippen LogP contribution in [0.1, 0.15) is 39.2 Å². The second-order valence-corrected chi connectivity index (χ2v) is 8.19. The lowest BCUT2D eigenvalue weighted by Gasteiger charge is -2.34. The molecule has 1 fully saturated rings. The van der Waals surface area contributed by atoms with Gasteiger partial charge in [-0.3, -0.25) is 9.59 Å². The number of aliphatic hydroxyl groups is 1. The van der Waals surface area contributed by atoms with E-state index in [1.54, 1.807) is 51.0 Å². The van der Waals surface area contributed by atoms with Crippen LogP contribution < -0.4 is 10.7 Å². The quantitative estimate of drug-likeness (QED) is 0.486. The number of hydrogen-bond donors (Lipinski definition) is 3. The Labute approximate surface area is 181 Å². The number of nitrogens with zero attached hydrogens (tertiary/aromatic N) is 2. The Morgan fingerprint density at radius 2 is 2.00 bits per heavy atom. The highest BCUT2D eigenvalue weighted by atomic mass is 35.5. The predicted molar refractivity (Wildman–Crippen MR) is 114 cm³/mol. The summed E-state index contributed by atoms with van der Waals surface area (Å²) in [6.07, 6.45) is 3.41. The van der Waals surface area contributed by atoms with E-state index in [4.69, 9.17) is 11.6 Å². The van der Waals surface area contributed by atoms with Crippen molar-refractivity contribution in [3.63, 3.8) is 0 Å². The van der Waals surface area contributed by atoms with Crippen molar-refractivity contribution in [2.75, 3.05) is 20.1 Å². The molecular formula is C21H30ClFN4O3. The third-order valence-corrected chi connectivity index (χ3v) is 5.18. The van der Waals surface area contributed by atoms with Gasteiger partial charge in [-0.1, -0.05) is 29.8 Å². The first-order valence-electron chi connectivity index (χ1n) is 9.91. The number of amides is 2. The fourth-order valence-corrected chi connectivity index (χ4v) is 3.44. The summed E-state index contributed by atoms with van der Waals surface area (Å²) < 4.78 is 14.0. The van der Waals surface area contributed by atoms with Crippen LogP contribution in [0.2, 0.25) is 5.02 Å². The number of allylic oxidation sites excluding steroid dienone is 1. The van der Waals surface area contributed by atoms with Gasteiger partial charge in [-0.25, -0.2) is 9.82 Å². The molecule has 0 saturated heterocycles. The second kappa shape index (κ2) is 10.2. The number of halogens is 2. The van der Waals surface area contributed by atoms with E-state index in [1.165, 1.54) is 11.0 Å². The van der Waals surface area contributed by atoms with Crippen LogP contribution in [0.4, 0.5) is 4.39 Å². The molecule has 2 rings (SSSR count). The minimum atomic E-state index is -1.14. The maximum Gasteiger partial charge on any atom is 0.244 e. The fourth-order valence-electron chi connectivity index (χ4n) is 3.25. The van der Waals surface area contributed by atoms with Gasteiger partial charge in [0.05, 0.1) is 22.9 Å². The standard InChI is InChI=1S/C21H30ClFN4O3/c1-5-17(21(2,3)30)27(24-4)13-19(29)26(15-9-10-15)12-18(28)25-11-14-7-6-8-16(22)20(14)23/h5-8,15,24,30H,9-13H2,1-4H3,(H,25,28)/b17-5+. The number of benzene rings is 1. The Kier molecular flexibility index (Phi) is 8.23. The van der Waals surface area contributed by atoms with E-state index in [9.17, 15) is 19.1 Å². The highest BCUT2D eigenvalue weighted by Gasteiger charge is 2.35. The Morgan fingerprint density at radius 1 is 1.33 bits per heavy atom. The smallest absolute Gasteiger partial charge is 0.244 e. The van der Waals surface area contributed by atoms with Gasteiger partial charge in [0.25, 0.3) is 0 Å². The van der Waals surface area contributed by atoms with E-state index in [0.717, 1.165) is 12.8 Å². The number of rotatable bonds is 10. The number of hydrazine groups is 1. The van der Waals surface area contributed by atoms with Crippen LogP contribution in [0.15, 0.2) is 30.0 Å². The molecule has 9 heteroatoms. The molecule has 1 aliphatic carbocycles. The number of nitrogens with one attached hydrogen (secondary N) is 2. The summed E-state index contributed by atoms with van der Waals surface area (Å²) in [7, 11) is 1.66. The van der Waals surface area contributed by atoms with Crippen molar-refractivity contribution in [2.24, 2.45) is 0 Å². The zero-order chi connectivity index (χ0) is 22.5. The average molecular weight is 441 g/mol. The summed E-state index contributed by atoms with van der Waals surface area (Å²) in [5.41, 5.74) is 2.61. The molecule has 1 aromatic carbocycles. The van der Waals surface area contributed by atoms with Gasteiger partial charge in [-0.2, -0.15) is 0 Å². The summed E-state index contributed by atoms with van der Waals surface area (Å²) in [6.45, 7) is 4.89. The monoisotopic (exact) mass is 440 g/mol. The third-order valence-electron chi connectivity index (χ3n) is 4.88. The number of hydrogen-bond acceptors (Lipinski definition) is 5. The van der Waals surface area contributed by atoms with Crippen molar-refractivity contribution in [1.29, 1.82) is 0 Å². The van der Waals surface area contributed by atoms with E-state index in [1.807, 2.05) is 0 Å². The third kappa shape index (κ3) is 6.42. The van der Waals surface area contributed by atoms with E-state index in [-0.39, 0.29) is 48.1 Å². The topological polar surface area (TPSA) is 84.9 Å². The van der Waals surface area contributed by atoms with Crippen LogP contribution in [0, 0.1) is 5.82 Å². The molecule has 0 unspecified atom stereocenters. The van der Waals surface area contributed by atoms with Crippen LogP contribution in [-0.2, 0) is 16.1 Å². The zero-order valence-electron chi connectivity index (χ0n) is 17.8. The lowest BCUT2D eigenvalue weighted by molar-refractivity contribution is -0.138. The summed E-state index contributed by atoms with van der Waals surface area (Å²) in [5.74, 6) is -1.18. The molecular weight excluding hydrogens is 411 g/mol. The van der Waals surface area contributed by atoms with Crippen LogP contribution in [-0.4, -0.2) is 58.6 Å². The van der Waals surface area contributed by atoms with Crippen molar-refractivity contribution < 1.29 is 19.1 Å². The highest BCUT2D eigenvalue weighted by Crippen LogP contribution is 2.27. The first-order valence-corrected chi connectivity index (χ1v) is 10.3. The molecule has 0 aromatic heterocycles. The number of carbonyl (C=O) groups excluding carboxylic acids is 2. The lowest BCUT2D eigenvalue weighted by atomic mass is 10.0. The van der Waals surface area contributed by atoms with E-state index >= 15 is 0 Å². The van der Waals surface area contributed by atoms with Gasteiger partial charge < -0.3 is 20.3 Å². The molecule has 0 aliphatic heterocycles. The summed E-state index contributed by atoms with van der Waals surface area (Å²) in [5, 5.41) is 14.5. The molecule has 0 atom stereocenters. The summed E-state index contributed by atoms with van der Waals surface area (Å²) in [6, 6.07) is 4.61. The number of carbonyl (C=O) groups is 2. The van der Waals surface area contributed by atoms with Crippen LogP contribution in [0.25, 0.3) is 0 Å². The average Bonchev–Trinajstić information content (AvgIpc) is 3.50. The molecule has 0 radical (unpaired) electrons. The fraction of sp³-hybridized carbons (Fsp3) is 0.524. The van der Waals surface area contributed by atoms with E-state index in [0.29, 0.717) is 5.70 Å². The Morgan fingerprint density at radius 3 is 2.53 bits per heavy atom. The van der Waals surface area contributed by atoms with Gasteiger partial charge in [0.15, 0.2) is 0 Å². The van der Waals surface area contributed by atoms with Crippen molar-refractivity contribution in [1.82, 2.24) is 20.7 Å². The van der Waals surface area contributed by atoms with Gasteiger partial charge in [-0.05, 0) is 39.7 Å². The van der Waals surface area contributed by atoms with Crippen molar-refractivity contribution in [3.8, 4) is 0 Å². The minimum absolute atomic E-state index is 0.00437. The second-order valence-electron chi connectivity index (χ2n) is 7.79. The molecule has 1 saturated carbocycles. The Bertz CT molecular complexity index is 806. The molecule has 3 N–H and O–H groups in total. The molecule has 166 valence electrons. The molecule has 0 bridgehead atoms. The largest absolute Gasteiger partial charge is 0.384 e. The molecule has 0 heterocycles. The van der Waals surface area contributed by atoms with Crippen molar-refractivity contribution in [2.45, 2.75) is 51.8 Å². The van der Waals surface area contributed by atoms with Crippen LogP contribution in [0.3, 0.4) is 0 Å². The molecule has 0 spiro atoms. The maximum absolute atomic E-state index is 14.0. The first-order chi connectivity index (χ1) is 14.1. The zero-order valence-corrected chi connectivity index (χ0v) is 18.6. The molecule has 2 amide bonds. The van der Waals surface area contributed by atoms with Crippen molar-refractivity contribution >= 4 is 23.4 Å². The van der Waals surface area contributed by atoms with Gasteiger partial charge in [-0.15, -0.1) is 0 Å². The lowest BCUT2D eigenvalue weighted by Crippen LogP contribution is -2.50. The summed E-state index contributed by atoms with van der Waals surface area (Å²) >= 11 is 5.76. The van der Waals surface area contributed by atoms with Crippen LogP contribution >= 0.6 is 11.6 Å². The maximum atomic E-state index is 14.0.